The quantitative estimate of drug-likeness (QED) is 0.573. The zero-order valence-corrected chi connectivity index (χ0v) is 12.1. The van der Waals surface area contributed by atoms with Crippen molar-refractivity contribution in [1.82, 2.24) is 14.7 Å². The van der Waals surface area contributed by atoms with E-state index in [1.54, 1.807) is 14.1 Å². The van der Waals surface area contributed by atoms with Crippen LogP contribution in [0.15, 0.2) is 10.2 Å². The number of nitrogens with zero attached hydrogens (tertiary/aromatic N) is 5. The molecule has 2 rings (SSSR count). The Hall–Kier alpha value is -1.46. The third kappa shape index (κ3) is 2.24. The Kier molecular flexibility index (Phi) is 3.60. The van der Waals surface area contributed by atoms with Gasteiger partial charge in [-0.25, -0.2) is 9.69 Å². The van der Waals surface area contributed by atoms with E-state index in [1.807, 2.05) is 0 Å². The molecule has 2 amide bonds. The summed E-state index contributed by atoms with van der Waals surface area (Å²) in [6.07, 6.45) is -1.12. The maximum absolute atomic E-state index is 11.9. The van der Waals surface area contributed by atoms with E-state index in [0.717, 1.165) is 4.90 Å². The Labute approximate surface area is 112 Å². The number of amidine groups is 2. The smallest absolute Gasteiger partial charge is 0.328 e. The van der Waals surface area contributed by atoms with E-state index >= 15 is 0 Å². The molecule has 11 heteroatoms. The van der Waals surface area contributed by atoms with Crippen LogP contribution in [0.5, 0.6) is 0 Å². The number of aliphatic hydroxyl groups is 1. The molecule has 0 aromatic carbocycles. The second-order valence-electron chi connectivity index (χ2n) is 4.15. The SMILES string of the molecule is CN(C)C1=NN=C(N2C(=O)N(C)CC2O)S1=S(=O)=O. The van der Waals surface area contributed by atoms with E-state index < -0.39 is 31.0 Å². The van der Waals surface area contributed by atoms with Gasteiger partial charge in [-0.3, -0.25) is 0 Å². The fourth-order valence-electron chi connectivity index (χ4n) is 1.68. The van der Waals surface area contributed by atoms with E-state index in [-0.39, 0.29) is 16.9 Å². The van der Waals surface area contributed by atoms with Crippen LogP contribution in [0.3, 0.4) is 0 Å². The van der Waals surface area contributed by atoms with Crippen molar-refractivity contribution >= 4 is 35.1 Å². The molecule has 1 N–H and O–H groups in total. The third-order valence-corrected chi connectivity index (χ3v) is 5.92. The Morgan fingerprint density at radius 3 is 2.47 bits per heavy atom. The lowest BCUT2D eigenvalue weighted by Gasteiger charge is -2.19. The summed E-state index contributed by atoms with van der Waals surface area (Å²) in [5, 5.41) is 17.6. The van der Waals surface area contributed by atoms with E-state index in [2.05, 4.69) is 10.2 Å². The molecule has 2 aliphatic heterocycles. The second kappa shape index (κ2) is 4.90. The molecule has 106 valence electrons. The molecule has 0 aromatic heterocycles. The lowest BCUT2D eigenvalue weighted by atomic mass is 10.5. The summed E-state index contributed by atoms with van der Waals surface area (Å²) in [4.78, 5) is 15.7. The van der Waals surface area contributed by atoms with E-state index in [0.29, 0.717) is 0 Å². The van der Waals surface area contributed by atoms with E-state index in [4.69, 9.17) is 0 Å². The lowest BCUT2D eigenvalue weighted by Crippen LogP contribution is -2.43. The van der Waals surface area contributed by atoms with Gasteiger partial charge in [-0.05, 0) is 0 Å². The molecular weight excluding hydrogens is 294 g/mol. The van der Waals surface area contributed by atoms with Gasteiger partial charge in [-0.15, -0.1) is 10.2 Å². The van der Waals surface area contributed by atoms with Crippen molar-refractivity contribution < 1.29 is 18.3 Å². The van der Waals surface area contributed by atoms with Crippen LogP contribution >= 0.6 is 0 Å². The molecule has 0 spiro atoms. The number of carbonyl (C=O) groups is 1. The van der Waals surface area contributed by atoms with Crippen LogP contribution in [-0.2, 0) is 18.7 Å². The first-order valence-electron chi connectivity index (χ1n) is 5.24. The van der Waals surface area contributed by atoms with Crippen molar-refractivity contribution in [3.05, 3.63) is 0 Å². The van der Waals surface area contributed by atoms with Crippen LogP contribution in [0.2, 0.25) is 0 Å². The van der Waals surface area contributed by atoms with Gasteiger partial charge in [-0.2, -0.15) is 8.42 Å². The van der Waals surface area contributed by atoms with Crippen molar-refractivity contribution in [2.24, 2.45) is 10.2 Å². The number of amides is 2. The zero-order valence-electron chi connectivity index (χ0n) is 10.5. The first kappa shape index (κ1) is 14.0. The third-order valence-electron chi connectivity index (χ3n) is 2.55. The average Bonchev–Trinajstić information content (AvgIpc) is 2.82. The number of likely N-dealkylation sites (N-methyl/N-ethyl adjacent to an activating group) is 1. The highest BCUT2D eigenvalue weighted by molar-refractivity contribution is 8.49. The summed E-state index contributed by atoms with van der Waals surface area (Å²) in [7, 11) is 0.812. The maximum atomic E-state index is 11.9. The molecule has 2 aliphatic rings. The van der Waals surface area contributed by atoms with Gasteiger partial charge >= 0.3 is 6.03 Å². The molecule has 19 heavy (non-hydrogen) atoms. The number of β-amino-alcohol motifs (C(OH)–C–C–N with tert-alkyl or cyclic N) is 1. The zero-order chi connectivity index (χ0) is 14.3. The van der Waals surface area contributed by atoms with Crippen molar-refractivity contribution in [1.29, 1.82) is 0 Å². The average molecular weight is 307 g/mol. The predicted octanol–water partition coefficient (Wildman–Crippen LogP) is -1.71. The van der Waals surface area contributed by atoms with Crippen LogP contribution in [0.4, 0.5) is 4.79 Å². The number of urea groups is 1. The minimum atomic E-state index is -2.51. The first-order valence-corrected chi connectivity index (χ1v) is 8.05. The van der Waals surface area contributed by atoms with Gasteiger partial charge in [0.2, 0.25) is 10.3 Å². The lowest BCUT2D eigenvalue weighted by molar-refractivity contribution is 0.106. The van der Waals surface area contributed by atoms with Gasteiger partial charge in [0.1, 0.15) is 0 Å². The highest BCUT2D eigenvalue weighted by Crippen LogP contribution is 2.19. The normalized spacial score (nSPS) is 26.6. The fourth-order valence-corrected chi connectivity index (χ4v) is 4.65. The summed E-state index contributed by atoms with van der Waals surface area (Å²) in [5.74, 6) is 0. The monoisotopic (exact) mass is 307 g/mol. The largest absolute Gasteiger partial charge is 0.371 e. The van der Waals surface area contributed by atoms with E-state index in [9.17, 15) is 18.3 Å². The molecule has 9 nitrogen and oxygen atoms in total. The molecule has 2 heterocycles. The molecule has 0 aromatic rings. The summed E-state index contributed by atoms with van der Waals surface area (Å²) >= 11 is 0. The molecule has 2 atom stereocenters. The van der Waals surface area contributed by atoms with Crippen LogP contribution in [-0.4, -0.2) is 78.5 Å². The molecular formula is C8H13N5O4S2. The van der Waals surface area contributed by atoms with Gasteiger partial charge in [0.25, 0.3) is 9.26 Å². The minimum Gasteiger partial charge on any atom is -0.371 e. The highest BCUT2D eigenvalue weighted by atomic mass is 32.9. The molecule has 2 unspecified atom stereocenters. The minimum absolute atomic E-state index is 0.0427. The molecule has 0 radical (unpaired) electrons. The van der Waals surface area contributed by atoms with Crippen molar-refractivity contribution in [2.75, 3.05) is 27.7 Å². The summed E-state index contributed by atoms with van der Waals surface area (Å²) < 4.78 is 22.7. The Morgan fingerprint density at radius 2 is 2.05 bits per heavy atom. The summed E-state index contributed by atoms with van der Waals surface area (Å²) in [6, 6.07) is -0.496. The molecule has 0 bridgehead atoms. The van der Waals surface area contributed by atoms with Gasteiger partial charge in [0.15, 0.2) is 6.23 Å². The highest BCUT2D eigenvalue weighted by Gasteiger charge is 2.42. The second-order valence-corrected chi connectivity index (χ2v) is 7.64. The fraction of sp³-hybridized carbons (Fsp3) is 0.625. The topological polar surface area (TPSA) is 106 Å². The van der Waals surface area contributed by atoms with Crippen LogP contribution in [0.25, 0.3) is 0 Å². The van der Waals surface area contributed by atoms with Crippen molar-refractivity contribution in [3.63, 3.8) is 0 Å². The van der Waals surface area contributed by atoms with Crippen molar-refractivity contribution in [2.45, 2.75) is 6.23 Å². The maximum Gasteiger partial charge on any atom is 0.328 e. The number of rotatable bonds is 0. The summed E-state index contributed by atoms with van der Waals surface area (Å²) in [6.45, 7) is 0.0951. The standard InChI is InChI=1S/C8H13N5O4S2/c1-11(2)6-9-10-7(18(6)19(16)17)13-5(14)4-12(3)8(13)15/h5,14H,4H2,1-3H3. The Balaban J connectivity index is 2.45. The van der Waals surface area contributed by atoms with Crippen LogP contribution < -0.4 is 0 Å². The number of hydrogen-bond acceptors (Lipinski definition) is 7. The van der Waals surface area contributed by atoms with Gasteiger partial charge in [-0.1, -0.05) is 0 Å². The first-order chi connectivity index (χ1) is 8.84. The van der Waals surface area contributed by atoms with Gasteiger partial charge in [0, 0.05) is 21.1 Å². The van der Waals surface area contributed by atoms with E-state index in [1.165, 1.54) is 16.8 Å². The Morgan fingerprint density at radius 1 is 1.42 bits per heavy atom. The predicted molar refractivity (Wildman–Crippen MR) is 70.7 cm³/mol. The molecule has 0 saturated carbocycles. The number of hydrogen-bond donors (Lipinski definition) is 1. The molecule has 1 fully saturated rings. The summed E-state index contributed by atoms with van der Waals surface area (Å²) in [5.41, 5.74) is 0. The van der Waals surface area contributed by atoms with Crippen LogP contribution in [0, 0.1) is 0 Å². The number of aliphatic hydroxyl groups excluding tert-OH is 1. The van der Waals surface area contributed by atoms with Gasteiger partial charge < -0.3 is 14.9 Å². The molecule has 1 saturated heterocycles. The Bertz CT molecular complexity index is 615. The van der Waals surface area contributed by atoms with Gasteiger partial charge in [0.05, 0.1) is 16.0 Å². The van der Waals surface area contributed by atoms with Crippen LogP contribution in [0.1, 0.15) is 0 Å². The number of carbonyl (C=O) groups excluding carboxylic acids is 1. The van der Waals surface area contributed by atoms with Crippen molar-refractivity contribution in [3.8, 4) is 0 Å². The molecule has 0 aliphatic carbocycles.